The van der Waals surface area contributed by atoms with Gasteiger partial charge in [0.2, 0.25) is 0 Å². The van der Waals surface area contributed by atoms with Crippen LogP contribution in [0.4, 0.5) is 0 Å². The maximum atomic E-state index is 9.25. The Balaban J connectivity index is -0.000000177. The molecule has 0 atom stereocenters. The Morgan fingerprint density at radius 2 is 1.86 bits per heavy atom. The summed E-state index contributed by atoms with van der Waals surface area (Å²) in [5, 5.41) is 7.60. The number of hydrogen-bond donors (Lipinski definition) is 2. The molecule has 0 radical (unpaired) electrons. The van der Waals surface area contributed by atoms with Gasteiger partial charge in [0.05, 0.1) is 6.54 Å². The molecule has 0 aliphatic carbocycles. The molecule has 0 bridgehead atoms. The zero-order valence-electron chi connectivity index (χ0n) is 9.00. The van der Waals surface area contributed by atoms with Crippen molar-refractivity contribution in [3.8, 4) is 0 Å². The second-order valence-electron chi connectivity index (χ2n) is 2.42. The molecule has 4 nitrogen and oxygen atoms in total. The summed E-state index contributed by atoms with van der Waals surface area (Å²) in [4.78, 5) is 11.6. The average Bonchev–Trinajstić information content (AvgIpc) is 2.15. The third-order valence-corrected chi connectivity index (χ3v) is 1.54. The van der Waals surface area contributed by atoms with Gasteiger partial charge in [0.25, 0.3) is 0 Å². The fourth-order valence-corrected chi connectivity index (χ4v) is 0.763. The standard InChI is InChI=1S/C6H16N2.C3H4O2.ClH/c1-3-8(4-2)6-5-7;1-2-3(4)5;/h3-7H2,1-2H3;2H,1H2,(H,4,5);1H. The van der Waals surface area contributed by atoms with Crippen LogP contribution < -0.4 is 18.1 Å². The molecule has 0 aromatic carbocycles. The number of hydrogen-bond acceptors (Lipinski definition) is 2. The Morgan fingerprint density at radius 3 is 1.93 bits per heavy atom. The van der Waals surface area contributed by atoms with Crippen molar-refractivity contribution in [1.29, 1.82) is 0 Å². The van der Waals surface area contributed by atoms with Gasteiger partial charge in [-0.05, 0) is 13.1 Å². The van der Waals surface area contributed by atoms with Gasteiger partial charge < -0.3 is 23.2 Å². The lowest BCUT2D eigenvalue weighted by Gasteiger charge is -2.14. The van der Waals surface area contributed by atoms with Crippen molar-refractivity contribution in [2.24, 2.45) is 0 Å². The van der Waals surface area contributed by atoms with Gasteiger partial charge in [-0.3, -0.25) is 4.90 Å². The summed E-state index contributed by atoms with van der Waals surface area (Å²) in [5.74, 6) is -0.981. The van der Waals surface area contributed by atoms with Crippen molar-refractivity contribution < 1.29 is 28.0 Å². The first-order chi connectivity index (χ1) is 6.12. The van der Waals surface area contributed by atoms with Crippen LogP contribution in [0.25, 0.3) is 0 Å². The van der Waals surface area contributed by atoms with Crippen LogP contribution in [0.3, 0.4) is 0 Å². The molecule has 0 aliphatic rings. The Hall–Kier alpha value is -0.580. The molecule has 0 rings (SSSR count). The van der Waals surface area contributed by atoms with E-state index < -0.39 is 5.97 Å². The van der Waals surface area contributed by atoms with Gasteiger partial charge in [-0.15, -0.1) is 0 Å². The molecule has 4 N–H and O–H groups in total. The number of aliphatic carboxylic acids is 1. The Kier molecular flexibility index (Phi) is 20.3. The normalized spacial score (nSPS) is 8.29. The molecule has 0 saturated heterocycles. The second kappa shape index (κ2) is 14.9. The van der Waals surface area contributed by atoms with Crippen LogP contribution in [0.5, 0.6) is 0 Å². The number of nitrogens with zero attached hydrogens (tertiary/aromatic N) is 1. The van der Waals surface area contributed by atoms with Gasteiger partial charge >= 0.3 is 5.97 Å². The highest BCUT2D eigenvalue weighted by molar-refractivity contribution is 5.78. The Bertz CT molecular complexity index is 139. The minimum Gasteiger partial charge on any atom is -1.00 e. The average molecular weight is 225 g/mol. The molecule has 0 saturated carbocycles. The van der Waals surface area contributed by atoms with Gasteiger partial charge in [0.15, 0.2) is 0 Å². The van der Waals surface area contributed by atoms with Crippen molar-refractivity contribution in [2.75, 3.05) is 26.2 Å². The van der Waals surface area contributed by atoms with Crippen LogP contribution in [-0.2, 0) is 4.79 Å². The first kappa shape index (κ1) is 19.1. The number of carboxylic acids is 1. The molecule has 5 heteroatoms. The maximum Gasteiger partial charge on any atom is 0.327 e. The molecule has 0 aromatic heterocycles. The molecule has 86 valence electrons. The molecule has 0 unspecified atom stereocenters. The van der Waals surface area contributed by atoms with E-state index in [9.17, 15) is 4.79 Å². The fraction of sp³-hybridized carbons (Fsp3) is 0.667. The summed E-state index contributed by atoms with van der Waals surface area (Å²) < 4.78 is 0. The van der Waals surface area contributed by atoms with E-state index in [0.29, 0.717) is 0 Å². The minimum atomic E-state index is -0.981. The molecular formula is C9H21ClN2O2. The number of carboxylic acid groups (broad SMARTS) is 1. The topological polar surface area (TPSA) is 68.2 Å². The molecule has 0 spiro atoms. The lowest BCUT2D eigenvalue weighted by Crippen LogP contribution is -3.00. The van der Waals surface area contributed by atoms with E-state index in [1.165, 1.54) is 0 Å². The number of rotatable bonds is 5. The highest BCUT2D eigenvalue weighted by atomic mass is 35.5. The van der Waals surface area contributed by atoms with Gasteiger partial charge in [0.1, 0.15) is 0 Å². The monoisotopic (exact) mass is 224 g/mol. The summed E-state index contributed by atoms with van der Waals surface area (Å²) >= 11 is 0. The summed E-state index contributed by atoms with van der Waals surface area (Å²) in [5.41, 5.74) is 3.78. The summed E-state index contributed by atoms with van der Waals surface area (Å²) in [6.45, 7) is 11.8. The first-order valence-electron chi connectivity index (χ1n) is 4.49. The van der Waals surface area contributed by atoms with E-state index >= 15 is 0 Å². The van der Waals surface area contributed by atoms with E-state index in [1.807, 2.05) is 0 Å². The van der Waals surface area contributed by atoms with E-state index in [4.69, 9.17) is 5.11 Å². The van der Waals surface area contributed by atoms with Crippen molar-refractivity contribution in [2.45, 2.75) is 13.8 Å². The fourth-order valence-electron chi connectivity index (χ4n) is 0.763. The second-order valence-corrected chi connectivity index (χ2v) is 2.42. The zero-order valence-corrected chi connectivity index (χ0v) is 9.76. The smallest absolute Gasteiger partial charge is 0.327 e. The van der Waals surface area contributed by atoms with Gasteiger partial charge in [-0.25, -0.2) is 4.79 Å². The molecule has 0 aromatic rings. The zero-order chi connectivity index (χ0) is 10.7. The summed E-state index contributed by atoms with van der Waals surface area (Å²) in [6.07, 6.45) is 0.833. The van der Waals surface area contributed by atoms with Crippen molar-refractivity contribution in [1.82, 2.24) is 4.90 Å². The van der Waals surface area contributed by atoms with Gasteiger partial charge in [-0.2, -0.15) is 0 Å². The van der Waals surface area contributed by atoms with Crippen LogP contribution in [0.15, 0.2) is 12.7 Å². The number of halogens is 1. The number of carbonyl (C=O) groups is 1. The Morgan fingerprint density at radius 1 is 1.50 bits per heavy atom. The molecule has 14 heavy (non-hydrogen) atoms. The minimum absolute atomic E-state index is 0. The van der Waals surface area contributed by atoms with Crippen LogP contribution in [0, 0.1) is 0 Å². The number of likely N-dealkylation sites (N-methyl/N-ethyl adjacent to an activating group) is 1. The lowest BCUT2D eigenvalue weighted by atomic mass is 10.5. The highest BCUT2D eigenvalue weighted by Crippen LogP contribution is 1.81. The predicted molar refractivity (Wildman–Crippen MR) is 53.4 cm³/mol. The molecular weight excluding hydrogens is 204 g/mol. The van der Waals surface area contributed by atoms with Crippen LogP contribution in [0.1, 0.15) is 13.8 Å². The van der Waals surface area contributed by atoms with Crippen LogP contribution >= 0.6 is 0 Å². The molecule has 0 heterocycles. The third-order valence-electron chi connectivity index (χ3n) is 1.54. The highest BCUT2D eigenvalue weighted by Gasteiger charge is 1.94. The van der Waals surface area contributed by atoms with Crippen molar-refractivity contribution in [3.05, 3.63) is 12.7 Å². The first-order valence-corrected chi connectivity index (χ1v) is 4.49. The van der Waals surface area contributed by atoms with E-state index in [-0.39, 0.29) is 12.4 Å². The van der Waals surface area contributed by atoms with Crippen molar-refractivity contribution in [3.63, 3.8) is 0 Å². The predicted octanol–water partition coefficient (Wildman–Crippen LogP) is -3.17. The summed E-state index contributed by atoms with van der Waals surface area (Å²) in [6, 6.07) is 0. The van der Waals surface area contributed by atoms with Crippen LogP contribution in [0.2, 0.25) is 0 Å². The lowest BCUT2D eigenvalue weighted by molar-refractivity contribution is -0.368. The summed E-state index contributed by atoms with van der Waals surface area (Å²) in [7, 11) is 0. The van der Waals surface area contributed by atoms with E-state index in [1.54, 1.807) is 0 Å². The third kappa shape index (κ3) is 17.5. The molecule has 0 fully saturated rings. The van der Waals surface area contributed by atoms with Crippen molar-refractivity contribution >= 4 is 5.97 Å². The number of quaternary nitrogens is 1. The van der Waals surface area contributed by atoms with Gasteiger partial charge in [0, 0.05) is 12.6 Å². The quantitative estimate of drug-likeness (QED) is 0.485. The van der Waals surface area contributed by atoms with Gasteiger partial charge in [-0.1, -0.05) is 20.4 Å². The largest absolute Gasteiger partial charge is 1.00 e. The molecule has 0 aliphatic heterocycles. The SMILES string of the molecule is C=CC(=O)O.CCN(CC)CC[NH3+].[Cl-]. The van der Waals surface area contributed by atoms with E-state index in [2.05, 4.69) is 31.1 Å². The van der Waals surface area contributed by atoms with Crippen LogP contribution in [-0.4, -0.2) is 42.2 Å². The molecule has 0 amide bonds. The Labute approximate surface area is 92.2 Å². The maximum absolute atomic E-state index is 9.25. The van der Waals surface area contributed by atoms with E-state index in [0.717, 1.165) is 32.3 Å².